The van der Waals surface area contributed by atoms with Crippen LogP contribution in [-0.4, -0.2) is 5.75 Å². The minimum Gasteiger partial charge on any atom is -0.198 e. The minimum absolute atomic E-state index is 0.0570. The Hall–Kier alpha value is -1.72. The van der Waals surface area contributed by atoms with Gasteiger partial charge in [-0.25, -0.2) is 0 Å². The number of thioether (sulfide) groups is 1. The van der Waals surface area contributed by atoms with E-state index in [1.807, 2.05) is 30.3 Å². The number of hydrogen-bond acceptors (Lipinski definition) is 2. The van der Waals surface area contributed by atoms with Crippen molar-refractivity contribution in [2.24, 2.45) is 0 Å². The van der Waals surface area contributed by atoms with Crippen molar-refractivity contribution in [2.45, 2.75) is 37.0 Å². The molecule has 0 bridgehead atoms. The van der Waals surface area contributed by atoms with Crippen molar-refractivity contribution in [3.8, 4) is 6.07 Å². The standard InChI is InChI=1S/C19H21NS/c1-19(2,3)17-9-11-18(12-10-17)21-14-16(13-20)15-7-5-4-6-8-15/h4-12,16H,14H2,1-3H3. The van der Waals surface area contributed by atoms with Crippen molar-refractivity contribution in [1.82, 2.24) is 0 Å². The molecule has 1 nitrogen and oxygen atoms in total. The fourth-order valence-corrected chi connectivity index (χ4v) is 3.08. The fourth-order valence-electron chi connectivity index (χ4n) is 2.12. The zero-order valence-corrected chi connectivity index (χ0v) is 13.7. The zero-order chi connectivity index (χ0) is 15.3. The van der Waals surface area contributed by atoms with E-state index >= 15 is 0 Å². The Balaban J connectivity index is 2.01. The molecule has 21 heavy (non-hydrogen) atoms. The highest BCUT2D eigenvalue weighted by Gasteiger charge is 2.14. The molecule has 0 heterocycles. The van der Waals surface area contributed by atoms with Gasteiger partial charge in [-0.05, 0) is 28.7 Å². The predicted molar refractivity (Wildman–Crippen MR) is 90.7 cm³/mol. The van der Waals surface area contributed by atoms with Crippen LogP contribution in [0.1, 0.15) is 37.8 Å². The van der Waals surface area contributed by atoms with E-state index in [0.29, 0.717) is 0 Å². The molecule has 0 saturated carbocycles. The van der Waals surface area contributed by atoms with Crippen LogP contribution < -0.4 is 0 Å². The maximum absolute atomic E-state index is 9.34. The van der Waals surface area contributed by atoms with Crippen LogP contribution in [0, 0.1) is 11.3 Å². The van der Waals surface area contributed by atoms with Crippen molar-refractivity contribution >= 4 is 11.8 Å². The van der Waals surface area contributed by atoms with Gasteiger partial charge in [0.05, 0.1) is 12.0 Å². The molecule has 0 radical (unpaired) electrons. The summed E-state index contributed by atoms with van der Waals surface area (Å²) in [5, 5.41) is 9.34. The van der Waals surface area contributed by atoms with Crippen molar-refractivity contribution in [3.05, 3.63) is 65.7 Å². The van der Waals surface area contributed by atoms with Crippen LogP contribution >= 0.6 is 11.8 Å². The smallest absolute Gasteiger partial charge is 0.0806 e. The lowest BCUT2D eigenvalue weighted by Gasteiger charge is -2.19. The van der Waals surface area contributed by atoms with Gasteiger partial charge in [-0.2, -0.15) is 5.26 Å². The van der Waals surface area contributed by atoms with Crippen LogP contribution in [0.25, 0.3) is 0 Å². The number of nitrogens with zero attached hydrogens (tertiary/aromatic N) is 1. The van der Waals surface area contributed by atoms with Crippen LogP contribution in [0.15, 0.2) is 59.5 Å². The second-order valence-electron chi connectivity index (χ2n) is 6.18. The molecule has 0 aliphatic heterocycles. The topological polar surface area (TPSA) is 23.8 Å². The van der Waals surface area contributed by atoms with Crippen LogP contribution in [0.5, 0.6) is 0 Å². The van der Waals surface area contributed by atoms with Crippen LogP contribution in [0.2, 0.25) is 0 Å². The van der Waals surface area contributed by atoms with Gasteiger partial charge in [-0.15, -0.1) is 11.8 Å². The lowest BCUT2D eigenvalue weighted by Crippen LogP contribution is -2.10. The second-order valence-corrected chi connectivity index (χ2v) is 7.27. The highest BCUT2D eigenvalue weighted by Crippen LogP contribution is 2.28. The van der Waals surface area contributed by atoms with E-state index < -0.39 is 0 Å². The van der Waals surface area contributed by atoms with E-state index in [-0.39, 0.29) is 11.3 Å². The van der Waals surface area contributed by atoms with Crippen LogP contribution in [-0.2, 0) is 5.41 Å². The van der Waals surface area contributed by atoms with Gasteiger partial charge in [0, 0.05) is 10.6 Å². The number of rotatable bonds is 4. The summed E-state index contributed by atoms with van der Waals surface area (Å²) in [7, 11) is 0. The molecule has 2 rings (SSSR count). The molecule has 0 aliphatic rings. The Kier molecular flexibility index (Phi) is 5.09. The first-order valence-corrected chi connectivity index (χ1v) is 8.17. The third-order valence-electron chi connectivity index (χ3n) is 3.49. The average molecular weight is 295 g/mol. The molecule has 0 aromatic heterocycles. The van der Waals surface area contributed by atoms with E-state index in [0.717, 1.165) is 11.3 Å². The summed E-state index contributed by atoms with van der Waals surface area (Å²) in [5.74, 6) is 0.730. The Morgan fingerprint density at radius 1 is 1.00 bits per heavy atom. The van der Waals surface area contributed by atoms with Gasteiger partial charge >= 0.3 is 0 Å². The molecule has 1 unspecified atom stereocenters. The summed E-state index contributed by atoms with van der Waals surface area (Å²) in [6.45, 7) is 6.66. The largest absolute Gasteiger partial charge is 0.198 e. The lowest BCUT2D eigenvalue weighted by atomic mass is 9.87. The van der Waals surface area contributed by atoms with Gasteiger partial charge in [0.15, 0.2) is 0 Å². The lowest BCUT2D eigenvalue weighted by molar-refractivity contribution is 0.590. The molecular weight excluding hydrogens is 274 g/mol. The Morgan fingerprint density at radius 2 is 1.62 bits per heavy atom. The molecule has 0 aliphatic carbocycles. The molecule has 0 amide bonds. The summed E-state index contributed by atoms with van der Waals surface area (Å²) in [6, 6.07) is 21.1. The predicted octanol–water partition coefficient (Wildman–Crippen LogP) is 5.38. The highest BCUT2D eigenvalue weighted by atomic mass is 32.2. The molecule has 0 spiro atoms. The maximum Gasteiger partial charge on any atom is 0.0806 e. The van der Waals surface area contributed by atoms with Crippen LogP contribution in [0.3, 0.4) is 0 Å². The first-order valence-electron chi connectivity index (χ1n) is 7.18. The third-order valence-corrected chi connectivity index (χ3v) is 4.60. The monoisotopic (exact) mass is 295 g/mol. The Labute approximate surface area is 132 Å². The van der Waals surface area contributed by atoms with Crippen molar-refractivity contribution < 1.29 is 0 Å². The van der Waals surface area contributed by atoms with Gasteiger partial charge in [-0.3, -0.25) is 0 Å². The summed E-state index contributed by atoms with van der Waals surface area (Å²) in [5.41, 5.74) is 2.62. The normalized spacial score (nSPS) is 12.7. The average Bonchev–Trinajstić information content (AvgIpc) is 2.48. The molecule has 2 heteroatoms. The zero-order valence-electron chi connectivity index (χ0n) is 12.8. The number of benzene rings is 2. The summed E-state index contributed by atoms with van der Waals surface area (Å²) in [4.78, 5) is 1.22. The first kappa shape index (κ1) is 15.7. The molecule has 2 aromatic rings. The van der Waals surface area contributed by atoms with Gasteiger partial charge in [-0.1, -0.05) is 63.2 Å². The van der Waals surface area contributed by atoms with E-state index in [1.165, 1.54) is 10.5 Å². The van der Waals surface area contributed by atoms with E-state index in [9.17, 15) is 5.26 Å². The fraction of sp³-hybridized carbons (Fsp3) is 0.316. The molecule has 108 valence electrons. The molecule has 0 saturated heterocycles. The van der Waals surface area contributed by atoms with E-state index in [1.54, 1.807) is 11.8 Å². The number of nitriles is 1. The molecule has 1 atom stereocenters. The van der Waals surface area contributed by atoms with Gasteiger partial charge in [0.2, 0.25) is 0 Å². The van der Waals surface area contributed by atoms with Crippen molar-refractivity contribution in [3.63, 3.8) is 0 Å². The molecular formula is C19H21NS. The SMILES string of the molecule is CC(C)(C)c1ccc(SCC(C#N)c2ccccc2)cc1. The second kappa shape index (κ2) is 6.83. The quantitative estimate of drug-likeness (QED) is 0.707. The van der Waals surface area contributed by atoms with Gasteiger partial charge in [0.1, 0.15) is 0 Å². The minimum atomic E-state index is -0.0570. The maximum atomic E-state index is 9.34. The third kappa shape index (κ3) is 4.37. The van der Waals surface area contributed by atoms with E-state index in [2.05, 4.69) is 51.1 Å². The molecule has 2 aromatic carbocycles. The first-order chi connectivity index (χ1) is 10.0. The van der Waals surface area contributed by atoms with Crippen molar-refractivity contribution in [1.29, 1.82) is 5.26 Å². The number of hydrogen-bond donors (Lipinski definition) is 0. The Bertz CT molecular complexity index is 603. The van der Waals surface area contributed by atoms with Gasteiger partial charge in [0.25, 0.3) is 0 Å². The summed E-state index contributed by atoms with van der Waals surface area (Å²) < 4.78 is 0. The Morgan fingerprint density at radius 3 is 2.14 bits per heavy atom. The molecule has 0 N–H and O–H groups in total. The summed E-state index contributed by atoms with van der Waals surface area (Å²) >= 11 is 1.74. The van der Waals surface area contributed by atoms with E-state index in [4.69, 9.17) is 0 Å². The van der Waals surface area contributed by atoms with Crippen molar-refractivity contribution in [2.75, 3.05) is 5.75 Å². The molecule has 0 fully saturated rings. The highest BCUT2D eigenvalue weighted by molar-refractivity contribution is 7.99. The van der Waals surface area contributed by atoms with Crippen LogP contribution in [0.4, 0.5) is 0 Å². The van der Waals surface area contributed by atoms with Gasteiger partial charge < -0.3 is 0 Å². The summed E-state index contributed by atoms with van der Waals surface area (Å²) in [6.07, 6.45) is 0.